The van der Waals surface area contributed by atoms with E-state index >= 15 is 0 Å². The third-order valence-corrected chi connectivity index (χ3v) is 1.67. The molecule has 2 rings (SSSR count). The molecule has 14 heavy (non-hydrogen) atoms. The monoisotopic (exact) mass is 192 g/mol. The Kier molecular flexibility index (Phi) is 2.05. The lowest BCUT2D eigenvalue weighted by atomic mass is 10.2. The molecule has 7 nitrogen and oxygen atoms in total. The highest BCUT2D eigenvalue weighted by atomic mass is 16.1. The van der Waals surface area contributed by atoms with Crippen molar-refractivity contribution in [1.29, 1.82) is 0 Å². The molecular weight excluding hydrogens is 184 g/mol. The number of hydrogen-bond acceptors (Lipinski definition) is 5. The number of carbonyl (C=O) groups excluding carboxylic acids is 1. The van der Waals surface area contributed by atoms with Gasteiger partial charge in [-0.1, -0.05) is 5.21 Å². The maximum absolute atomic E-state index is 11.5. The highest BCUT2D eigenvalue weighted by Gasteiger charge is 2.11. The predicted octanol–water partition coefficient (Wildman–Crippen LogP) is -0.641. The fraction of sp³-hybridized carbons (Fsp3) is 0.286. The van der Waals surface area contributed by atoms with E-state index in [1.54, 1.807) is 17.9 Å². The van der Waals surface area contributed by atoms with Crippen LogP contribution in [0.15, 0.2) is 12.5 Å². The first-order chi connectivity index (χ1) is 6.75. The van der Waals surface area contributed by atoms with Crippen LogP contribution >= 0.6 is 0 Å². The molecule has 0 saturated carbocycles. The molecule has 0 aliphatic carbocycles. The molecular formula is C7H8N6O. The van der Waals surface area contributed by atoms with Crippen LogP contribution in [0.25, 0.3) is 0 Å². The van der Waals surface area contributed by atoms with E-state index in [-0.39, 0.29) is 18.0 Å². The zero-order chi connectivity index (χ0) is 9.97. The number of aromatic nitrogens is 6. The van der Waals surface area contributed by atoms with Crippen molar-refractivity contribution in [3.05, 3.63) is 24.0 Å². The van der Waals surface area contributed by atoms with Crippen molar-refractivity contribution in [2.24, 2.45) is 7.05 Å². The minimum absolute atomic E-state index is 0.150. The second kappa shape index (κ2) is 3.36. The molecule has 0 aliphatic rings. The van der Waals surface area contributed by atoms with Crippen molar-refractivity contribution in [2.75, 3.05) is 0 Å². The van der Waals surface area contributed by atoms with Gasteiger partial charge in [0, 0.05) is 13.2 Å². The van der Waals surface area contributed by atoms with Crippen molar-refractivity contribution in [2.45, 2.75) is 6.42 Å². The number of nitrogens with one attached hydrogen (secondary N) is 1. The summed E-state index contributed by atoms with van der Waals surface area (Å²) in [6, 6.07) is 0. The smallest absolute Gasteiger partial charge is 0.205 e. The molecule has 1 N–H and O–H groups in total. The standard InChI is InChI=1S/C7H8N6O/c1-13-3-5(10-12-13)2-6(14)7-8-4-9-11-7/h3-4H,2H2,1H3,(H,8,9,11). The van der Waals surface area contributed by atoms with E-state index in [4.69, 9.17) is 0 Å². The number of rotatable bonds is 3. The van der Waals surface area contributed by atoms with Crippen LogP contribution in [0, 0.1) is 0 Å². The minimum atomic E-state index is -0.150. The van der Waals surface area contributed by atoms with Crippen molar-refractivity contribution >= 4 is 5.78 Å². The van der Waals surface area contributed by atoms with Crippen LogP contribution in [-0.4, -0.2) is 36.0 Å². The van der Waals surface area contributed by atoms with Crippen LogP contribution in [0.4, 0.5) is 0 Å². The fourth-order valence-corrected chi connectivity index (χ4v) is 1.06. The van der Waals surface area contributed by atoms with Crippen LogP contribution in [0.2, 0.25) is 0 Å². The SMILES string of the molecule is Cn1cc(CC(=O)c2ncn[nH]2)nn1. The van der Waals surface area contributed by atoms with Crippen LogP contribution < -0.4 is 0 Å². The van der Waals surface area contributed by atoms with E-state index in [0.29, 0.717) is 5.69 Å². The molecule has 0 atom stereocenters. The largest absolute Gasteiger partial charge is 0.290 e. The quantitative estimate of drug-likeness (QED) is 0.653. The zero-order valence-electron chi connectivity index (χ0n) is 7.51. The Labute approximate surface area is 79.2 Å². The highest BCUT2D eigenvalue weighted by Crippen LogP contribution is 1.98. The first-order valence-electron chi connectivity index (χ1n) is 3.99. The molecule has 0 spiro atoms. The van der Waals surface area contributed by atoms with Crippen LogP contribution in [0.3, 0.4) is 0 Å². The van der Waals surface area contributed by atoms with Crippen molar-refractivity contribution in [3.63, 3.8) is 0 Å². The van der Waals surface area contributed by atoms with Crippen LogP contribution in [0.1, 0.15) is 16.3 Å². The summed E-state index contributed by atoms with van der Waals surface area (Å²) in [5.41, 5.74) is 0.619. The number of nitrogens with zero attached hydrogens (tertiary/aromatic N) is 5. The maximum Gasteiger partial charge on any atom is 0.205 e. The summed E-state index contributed by atoms with van der Waals surface area (Å²) in [7, 11) is 1.75. The predicted molar refractivity (Wildman–Crippen MR) is 45.4 cm³/mol. The minimum Gasteiger partial charge on any atom is -0.290 e. The van der Waals surface area contributed by atoms with Gasteiger partial charge in [-0.25, -0.2) is 4.98 Å². The Morgan fingerprint density at radius 2 is 2.50 bits per heavy atom. The summed E-state index contributed by atoms with van der Waals surface area (Å²) >= 11 is 0. The number of carbonyl (C=O) groups is 1. The second-order valence-electron chi connectivity index (χ2n) is 2.82. The van der Waals surface area contributed by atoms with Gasteiger partial charge in [-0.05, 0) is 0 Å². The van der Waals surface area contributed by atoms with Crippen molar-refractivity contribution in [3.8, 4) is 0 Å². The molecule has 0 unspecified atom stereocenters. The summed E-state index contributed by atoms with van der Waals surface area (Å²) < 4.78 is 1.54. The highest BCUT2D eigenvalue weighted by molar-refractivity contribution is 5.93. The first kappa shape index (κ1) is 8.54. The Balaban J connectivity index is 2.09. The fourth-order valence-electron chi connectivity index (χ4n) is 1.06. The number of aryl methyl sites for hydroxylation is 1. The Bertz CT molecular complexity index is 431. The molecule has 72 valence electrons. The van der Waals surface area contributed by atoms with Gasteiger partial charge in [0.2, 0.25) is 5.78 Å². The third kappa shape index (κ3) is 1.65. The molecule has 0 fully saturated rings. The van der Waals surface area contributed by atoms with Gasteiger partial charge in [-0.2, -0.15) is 5.10 Å². The number of hydrogen-bond donors (Lipinski definition) is 1. The Hall–Kier alpha value is -2.05. The van der Waals surface area contributed by atoms with Crippen molar-refractivity contribution < 1.29 is 4.79 Å². The van der Waals surface area contributed by atoms with Gasteiger partial charge >= 0.3 is 0 Å². The maximum atomic E-state index is 11.5. The molecule has 2 aromatic heterocycles. The topological polar surface area (TPSA) is 89.4 Å². The normalized spacial score (nSPS) is 10.4. The van der Waals surface area contributed by atoms with Gasteiger partial charge in [0.25, 0.3) is 0 Å². The summed E-state index contributed by atoms with van der Waals surface area (Å²) in [6.45, 7) is 0. The summed E-state index contributed by atoms with van der Waals surface area (Å²) in [6.07, 6.45) is 3.17. The van der Waals surface area contributed by atoms with E-state index in [9.17, 15) is 4.79 Å². The number of H-pyrrole nitrogens is 1. The van der Waals surface area contributed by atoms with Gasteiger partial charge in [-0.3, -0.25) is 14.6 Å². The third-order valence-electron chi connectivity index (χ3n) is 1.67. The molecule has 0 radical (unpaired) electrons. The van der Waals surface area contributed by atoms with Gasteiger partial charge in [0.05, 0.1) is 12.1 Å². The molecule has 0 aliphatic heterocycles. The van der Waals surface area contributed by atoms with Gasteiger partial charge in [0.15, 0.2) is 5.82 Å². The molecule has 0 aromatic carbocycles. The van der Waals surface area contributed by atoms with Crippen LogP contribution in [0.5, 0.6) is 0 Å². The Morgan fingerprint density at radius 1 is 1.64 bits per heavy atom. The first-order valence-corrected chi connectivity index (χ1v) is 3.99. The van der Waals surface area contributed by atoms with Gasteiger partial charge in [0.1, 0.15) is 6.33 Å². The summed E-state index contributed by atoms with van der Waals surface area (Å²) in [5.74, 6) is 0.0960. The number of ketones is 1. The molecule has 0 amide bonds. The van der Waals surface area contributed by atoms with Gasteiger partial charge in [-0.15, -0.1) is 5.10 Å². The molecule has 2 heterocycles. The average molecular weight is 192 g/mol. The molecule has 0 saturated heterocycles. The van der Waals surface area contributed by atoms with Crippen LogP contribution in [-0.2, 0) is 13.5 Å². The van der Waals surface area contributed by atoms with E-state index in [1.807, 2.05) is 0 Å². The number of aromatic amines is 1. The molecule has 0 bridgehead atoms. The van der Waals surface area contributed by atoms with E-state index < -0.39 is 0 Å². The van der Waals surface area contributed by atoms with E-state index in [0.717, 1.165) is 0 Å². The van der Waals surface area contributed by atoms with E-state index in [2.05, 4.69) is 25.5 Å². The summed E-state index contributed by atoms with van der Waals surface area (Å²) in [4.78, 5) is 15.2. The number of Topliss-reactive ketones (excluding diaryl/α,β-unsaturated/α-hetero) is 1. The van der Waals surface area contributed by atoms with E-state index in [1.165, 1.54) is 6.33 Å². The lowest BCUT2D eigenvalue weighted by molar-refractivity contribution is 0.0982. The summed E-state index contributed by atoms with van der Waals surface area (Å²) in [5, 5.41) is 13.6. The van der Waals surface area contributed by atoms with Crippen molar-refractivity contribution in [1.82, 2.24) is 30.2 Å². The van der Waals surface area contributed by atoms with Gasteiger partial charge < -0.3 is 0 Å². The lowest BCUT2D eigenvalue weighted by Gasteiger charge is -1.90. The second-order valence-corrected chi connectivity index (χ2v) is 2.82. The zero-order valence-corrected chi connectivity index (χ0v) is 7.51. The average Bonchev–Trinajstić information content (AvgIpc) is 2.75. The molecule has 2 aromatic rings. The molecule has 7 heteroatoms. The lowest BCUT2D eigenvalue weighted by Crippen LogP contribution is -2.06. The Morgan fingerprint density at radius 3 is 3.07 bits per heavy atom.